The van der Waals surface area contributed by atoms with Crippen LogP contribution in [0.4, 0.5) is 0 Å². The van der Waals surface area contributed by atoms with E-state index in [0.29, 0.717) is 18.5 Å². The molecule has 5 heterocycles. The van der Waals surface area contributed by atoms with Gasteiger partial charge in [-0.05, 0) is 100.0 Å². The number of allylic oxidation sites excluding steroid dienone is 12. The van der Waals surface area contributed by atoms with Crippen molar-refractivity contribution in [1.29, 1.82) is 0 Å². The molecule has 6 rings (SSSR count). The van der Waals surface area contributed by atoms with Gasteiger partial charge in [-0.3, -0.25) is 14.4 Å². The van der Waals surface area contributed by atoms with Crippen LogP contribution in [0.5, 0.6) is 0 Å². The number of carboxylic acid groups (broad SMARTS) is 1. The summed E-state index contributed by atoms with van der Waals surface area (Å²) in [6, 6.07) is 0. The lowest BCUT2D eigenvalue weighted by Gasteiger charge is -2.17. The zero-order chi connectivity index (χ0) is 33.2. The Labute approximate surface area is 269 Å². The minimum absolute atomic E-state index is 0.00804. The highest BCUT2D eigenvalue weighted by atomic mass is 16.4. The van der Waals surface area contributed by atoms with E-state index >= 15 is 0 Å². The molecule has 0 aromatic carbocycles. The summed E-state index contributed by atoms with van der Waals surface area (Å²) < 4.78 is 0. The van der Waals surface area contributed by atoms with Gasteiger partial charge in [-0.25, -0.2) is 15.0 Å². The third-order valence-electron chi connectivity index (χ3n) is 10.2. The molecule has 9 nitrogen and oxygen atoms in total. The van der Waals surface area contributed by atoms with Gasteiger partial charge in [0.1, 0.15) is 17.3 Å². The van der Waals surface area contributed by atoms with Crippen LogP contribution in [-0.4, -0.2) is 44.9 Å². The molecule has 0 radical (unpaired) electrons. The molecule has 8 bridgehead atoms. The van der Waals surface area contributed by atoms with Crippen molar-refractivity contribution in [2.75, 3.05) is 0 Å². The van der Waals surface area contributed by atoms with Crippen molar-refractivity contribution >= 4 is 34.7 Å². The molecule has 0 saturated carbocycles. The Morgan fingerprint density at radius 3 is 2.20 bits per heavy atom. The number of nitrogens with one attached hydrogen (secondary N) is 1. The number of aliphatic hydroxyl groups excluding tert-OH is 1. The van der Waals surface area contributed by atoms with Crippen LogP contribution in [0, 0.1) is 17.8 Å². The Bertz CT molecular complexity index is 1870. The fourth-order valence-electron chi connectivity index (χ4n) is 7.47. The molecule has 0 aromatic rings. The van der Waals surface area contributed by atoms with E-state index in [1.807, 2.05) is 39.0 Å². The van der Waals surface area contributed by atoms with Gasteiger partial charge in [0.15, 0.2) is 0 Å². The summed E-state index contributed by atoms with van der Waals surface area (Å²) in [6.45, 7) is 13.1. The number of aliphatic hydroxyl groups is 1. The summed E-state index contributed by atoms with van der Waals surface area (Å²) in [5.41, 5.74) is 12.5. The molecule has 1 fully saturated rings. The Morgan fingerprint density at radius 2 is 1.57 bits per heavy atom. The lowest BCUT2D eigenvalue weighted by molar-refractivity contribution is -0.137. The van der Waals surface area contributed by atoms with Crippen LogP contribution in [-0.2, 0) is 14.4 Å². The Hall–Kier alpha value is -4.66. The molecule has 0 unspecified atom stereocenters. The number of nitrogens with zero attached hydrogens (tertiary/aromatic N) is 3. The zero-order valence-corrected chi connectivity index (χ0v) is 27.5. The number of hydrogen-bond acceptors (Lipinski definition) is 8. The van der Waals surface area contributed by atoms with Crippen molar-refractivity contribution in [2.45, 2.75) is 80.6 Å². The van der Waals surface area contributed by atoms with Crippen molar-refractivity contribution < 1.29 is 24.6 Å². The molecule has 9 heteroatoms. The highest BCUT2D eigenvalue weighted by Gasteiger charge is 2.41. The lowest BCUT2D eigenvalue weighted by atomic mass is 9.86. The molecule has 1 saturated heterocycles. The topological polar surface area (TPSA) is 141 Å². The van der Waals surface area contributed by atoms with E-state index in [1.165, 1.54) is 13.8 Å². The largest absolute Gasteiger partial charge is 0.511 e. The monoisotopic (exact) mass is 620 g/mol. The third kappa shape index (κ3) is 5.11. The van der Waals surface area contributed by atoms with Crippen molar-refractivity contribution in [2.24, 2.45) is 32.7 Å². The molecular formula is C37H40N4O5. The van der Waals surface area contributed by atoms with E-state index in [4.69, 9.17) is 15.0 Å². The Kier molecular flexibility index (Phi) is 7.90. The summed E-state index contributed by atoms with van der Waals surface area (Å²) >= 11 is 0. The van der Waals surface area contributed by atoms with Crippen molar-refractivity contribution in [3.8, 4) is 0 Å². The summed E-state index contributed by atoms with van der Waals surface area (Å²) in [7, 11) is 0. The SMILES string of the molecule is CCC1=C(C)C2=NC1=CC1=C(C)C3=C(O)CC(=C4NC(=CC5=NC(=C2)C(CC(C(C)=O)C(C)=O)=C5C)[C@@H](C)[C@@H]4CCC(=O)O)C3=N1. The number of Topliss-reactive ketones (excluding diaryl/α,β-unsaturated/α-hetero) is 2. The van der Waals surface area contributed by atoms with Gasteiger partial charge < -0.3 is 15.5 Å². The maximum Gasteiger partial charge on any atom is 0.303 e. The van der Waals surface area contributed by atoms with Crippen LogP contribution in [0.3, 0.4) is 0 Å². The minimum Gasteiger partial charge on any atom is -0.511 e. The average Bonchev–Trinajstić information content (AvgIpc) is 3.73. The zero-order valence-electron chi connectivity index (χ0n) is 27.5. The highest BCUT2D eigenvalue weighted by molar-refractivity contribution is 6.21. The van der Waals surface area contributed by atoms with E-state index in [9.17, 15) is 24.6 Å². The van der Waals surface area contributed by atoms with Crippen LogP contribution in [0.15, 0.2) is 106 Å². The van der Waals surface area contributed by atoms with E-state index in [0.717, 1.165) is 85.4 Å². The summed E-state index contributed by atoms with van der Waals surface area (Å²) in [5, 5.41) is 24.4. The van der Waals surface area contributed by atoms with Crippen LogP contribution < -0.4 is 5.32 Å². The predicted octanol–water partition coefficient (Wildman–Crippen LogP) is 6.71. The second kappa shape index (κ2) is 11.6. The minimum atomic E-state index is -0.861. The number of carbonyl (C=O) groups is 3. The molecule has 0 amide bonds. The van der Waals surface area contributed by atoms with Gasteiger partial charge in [0.25, 0.3) is 0 Å². The second-order valence-electron chi connectivity index (χ2n) is 13.0. The number of carbonyl (C=O) groups excluding carboxylic acids is 2. The van der Waals surface area contributed by atoms with Crippen LogP contribution in [0.2, 0.25) is 0 Å². The van der Waals surface area contributed by atoms with Crippen molar-refractivity contribution in [3.05, 3.63) is 91.5 Å². The van der Waals surface area contributed by atoms with E-state index in [1.54, 1.807) is 0 Å². The van der Waals surface area contributed by atoms with Gasteiger partial charge in [-0.1, -0.05) is 13.8 Å². The summed E-state index contributed by atoms with van der Waals surface area (Å²) in [6.07, 6.45) is 7.68. The number of carboxylic acids is 1. The molecule has 2 atom stereocenters. The van der Waals surface area contributed by atoms with E-state index in [2.05, 4.69) is 19.2 Å². The van der Waals surface area contributed by atoms with Gasteiger partial charge in [-0.2, -0.15) is 0 Å². The predicted molar refractivity (Wildman–Crippen MR) is 178 cm³/mol. The van der Waals surface area contributed by atoms with Gasteiger partial charge in [0.2, 0.25) is 0 Å². The molecular weight excluding hydrogens is 580 g/mol. The number of aliphatic imine (C=N–C) groups is 3. The maximum absolute atomic E-state index is 12.5. The lowest BCUT2D eigenvalue weighted by Crippen LogP contribution is -2.20. The number of hydrogen-bond donors (Lipinski definition) is 3. The fourth-order valence-corrected chi connectivity index (χ4v) is 7.47. The normalized spacial score (nSPS) is 23.7. The van der Waals surface area contributed by atoms with Gasteiger partial charge in [-0.15, -0.1) is 0 Å². The number of aliphatic carboxylic acids is 1. The van der Waals surface area contributed by atoms with E-state index < -0.39 is 11.9 Å². The number of fused-ring (bicyclic) bond motifs is 5. The van der Waals surface area contributed by atoms with Crippen LogP contribution >= 0.6 is 0 Å². The fraction of sp³-hybridized carbons (Fsp3) is 0.405. The maximum atomic E-state index is 12.5. The average molecular weight is 621 g/mol. The number of ketones is 2. The smallest absolute Gasteiger partial charge is 0.303 e. The molecule has 0 aromatic heterocycles. The number of rotatable bonds is 8. The van der Waals surface area contributed by atoms with Crippen molar-refractivity contribution in [1.82, 2.24) is 5.32 Å². The first-order chi connectivity index (χ1) is 21.8. The van der Waals surface area contributed by atoms with E-state index in [-0.39, 0.29) is 42.0 Å². The summed E-state index contributed by atoms with van der Waals surface area (Å²) in [5.74, 6) is -1.92. The first-order valence-corrected chi connectivity index (χ1v) is 16.0. The first kappa shape index (κ1) is 31.3. The molecule has 46 heavy (non-hydrogen) atoms. The van der Waals surface area contributed by atoms with Crippen molar-refractivity contribution in [3.63, 3.8) is 0 Å². The first-order valence-electron chi connectivity index (χ1n) is 16.0. The molecule has 5 aliphatic heterocycles. The molecule has 238 valence electrons. The molecule has 1 aliphatic carbocycles. The Morgan fingerprint density at radius 1 is 0.935 bits per heavy atom. The molecule has 0 spiro atoms. The second-order valence-corrected chi connectivity index (χ2v) is 13.0. The highest BCUT2D eigenvalue weighted by Crippen LogP contribution is 2.46. The van der Waals surface area contributed by atoms with Crippen LogP contribution in [0.25, 0.3) is 0 Å². The van der Waals surface area contributed by atoms with Crippen LogP contribution in [0.1, 0.15) is 80.6 Å². The van der Waals surface area contributed by atoms with Gasteiger partial charge in [0, 0.05) is 47.2 Å². The quantitative estimate of drug-likeness (QED) is 0.258. The molecule has 6 aliphatic rings. The van der Waals surface area contributed by atoms with Gasteiger partial charge in [0.05, 0.1) is 40.1 Å². The standard InChI is InChI=1S/C37H40N4O5/c1-8-22-16(2)28-14-32-24(11-25(20(6)42)21(7)43)18(4)27(39-32)13-29-17(3)23(9-10-34(45)46)36(40-29)26-12-33(44)35-19(5)30(41-37(26)35)15-31(22)38-28/h13-15,17,23,25,40,44H,8-12H2,1-7H3,(H,45,46)/t17-,23-/m0/s1. The Balaban J connectivity index is 1.60. The van der Waals surface area contributed by atoms with Gasteiger partial charge >= 0.3 is 5.97 Å². The molecule has 3 N–H and O–H groups in total. The summed E-state index contributed by atoms with van der Waals surface area (Å²) in [4.78, 5) is 51.9. The third-order valence-corrected chi connectivity index (χ3v) is 10.2.